The first-order valence-electron chi connectivity index (χ1n) is 9.23. The smallest absolute Gasteiger partial charge is 0.200 e. The van der Waals surface area contributed by atoms with Crippen LogP contribution in [0.2, 0.25) is 0 Å². The largest absolute Gasteiger partial charge is 0.497 e. The van der Waals surface area contributed by atoms with Crippen molar-refractivity contribution in [1.29, 1.82) is 0 Å². The molecule has 0 unspecified atom stereocenters. The second-order valence-corrected chi connectivity index (χ2v) is 6.51. The van der Waals surface area contributed by atoms with Crippen LogP contribution in [0.15, 0.2) is 36.7 Å². The van der Waals surface area contributed by atoms with Crippen molar-refractivity contribution in [2.24, 2.45) is 0 Å². The van der Waals surface area contributed by atoms with Gasteiger partial charge in [0, 0.05) is 25.2 Å². The number of methoxy groups -OCH3 is 1. The summed E-state index contributed by atoms with van der Waals surface area (Å²) in [7, 11) is 1.66. The van der Waals surface area contributed by atoms with Crippen molar-refractivity contribution >= 4 is 11.3 Å². The second-order valence-electron chi connectivity index (χ2n) is 6.51. The molecule has 4 rings (SSSR count). The van der Waals surface area contributed by atoms with Crippen LogP contribution in [-0.2, 0) is 4.74 Å². The molecular formula is C19H24N6O2. The molecule has 1 aromatic carbocycles. The molecule has 0 atom stereocenters. The number of hydrogen-bond acceptors (Lipinski definition) is 7. The van der Waals surface area contributed by atoms with Crippen molar-refractivity contribution in [1.82, 2.24) is 24.7 Å². The highest BCUT2D eigenvalue weighted by Gasteiger charge is 2.11. The van der Waals surface area contributed by atoms with Gasteiger partial charge in [-0.3, -0.25) is 4.90 Å². The molecule has 2 aromatic heterocycles. The molecule has 1 N–H and O–H groups in total. The number of rotatable bonds is 7. The van der Waals surface area contributed by atoms with E-state index in [1.54, 1.807) is 18.0 Å². The van der Waals surface area contributed by atoms with E-state index in [-0.39, 0.29) is 0 Å². The molecular weight excluding hydrogens is 344 g/mol. The summed E-state index contributed by atoms with van der Waals surface area (Å²) in [5.41, 5.74) is 3.55. The Balaban J connectivity index is 1.46. The molecule has 3 heterocycles. The predicted octanol–water partition coefficient (Wildman–Crippen LogP) is 1.93. The minimum atomic E-state index is 0.735. The van der Waals surface area contributed by atoms with Gasteiger partial charge in [-0.1, -0.05) is 0 Å². The number of ether oxygens (including phenoxy) is 2. The normalized spacial score (nSPS) is 15.1. The summed E-state index contributed by atoms with van der Waals surface area (Å²) in [5.74, 6) is 0.825. The van der Waals surface area contributed by atoms with Crippen LogP contribution in [0.5, 0.6) is 5.75 Å². The Hall–Kier alpha value is -2.71. The molecule has 0 amide bonds. The van der Waals surface area contributed by atoms with Crippen molar-refractivity contribution in [3.63, 3.8) is 0 Å². The Labute approximate surface area is 158 Å². The highest BCUT2D eigenvalue weighted by Crippen LogP contribution is 2.24. The van der Waals surface area contributed by atoms with Crippen molar-refractivity contribution in [2.45, 2.75) is 6.42 Å². The van der Waals surface area contributed by atoms with E-state index in [2.05, 4.69) is 25.5 Å². The summed E-state index contributed by atoms with van der Waals surface area (Å²) >= 11 is 0. The molecule has 1 aliphatic rings. The van der Waals surface area contributed by atoms with E-state index in [0.29, 0.717) is 0 Å². The number of fused-ring (bicyclic) bond motifs is 1. The van der Waals surface area contributed by atoms with Gasteiger partial charge in [0.1, 0.15) is 12.1 Å². The molecule has 1 aliphatic heterocycles. The quantitative estimate of drug-likeness (QED) is 0.639. The van der Waals surface area contributed by atoms with Gasteiger partial charge in [-0.15, -0.1) is 10.2 Å². The molecule has 27 heavy (non-hydrogen) atoms. The van der Waals surface area contributed by atoms with Gasteiger partial charge in [-0.25, -0.2) is 0 Å². The number of aromatic nitrogens is 4. The average Bonchev–Trinajstić information content (AvgIpc) is 3.21. The molecule has 1 fully saturated rings. The van der Waals surface area contributed by atoms with Crippen molar-refractivity contribution in [2.75, 3.05) is 51.8 Å². The highest BCUT2D eigenvalue weighted by molar-refractivity contribution is 5.73. The van der Waals surface area contributed by atoms with Gasteiger partial charge in [-0.2, -0.15) is 9.61 Å². The van der Waals surface area contributed by atoms with Crippen LogP contribution in [-0.4, -0.2) is 71.2 Å². The van der Waals surface area contributed by atoms with E-state index in [4.69, 9.17) is 9.47 Å². The molecule has 1 saturated heterocycles. The summed E-state index contributed by atoms with van der Waals surface area (Å²) in [6.07, 6.45) is 2.68. The molecule has 0 saturated carbocycles. The molecule has 0 bridgehead atoms. The monoisotopic (exact) mass is 368 g/mol. The van der Waals surface area contributed by atoms with Crippen molar-refractivity contribution in [3.05, 3.63) is 36.7 Å². The standard InChI is InChI=1S/C19H24N6O2/c1-26-16-5-3-15(4-6-16)17-13-18(19-22-21-14-25(19)23-17)20-7-2-8-24-9-11-27-12-10-24/h3-6,13-14,20H,2,7-12H2,1H3. The van der Waals surface area contributed by atoms with Gasteiger partial charge >= 0.3 is 0 Å². The zero-order valence-electron chi connectivity index (χ0n) is 15.5. The summed E-state index contributed by atoms with van der Waals surface area (Å²) < 4.78 is 12.3. The zero-order chi connectivity index (χ0) is 18.5. The number of hydrogen-bond donors (Lipinski definition) is 1. The molecule has 0 spiro atoms. The number of anilines is 1. The third-order valence-electron chi connectivity index (χ3n) is 4.72. The van der Waals surface area contributed by atoms with E-state index < -0.39 is 0 Å². The fourth-order valence-electron chi connectivity index (χ4n) is 3.21. The van der Waals surface area contributed by atoms with E-state index in [9.17, 15) is 0 Å². The Bertz CT molecular complexity index is 874. The summed E-state index contributed by atoms with van der Waals surface area (Å²) in [6, 6.07) is 9.89. The molecule has 0 aliphatic carbocycles. The molecule has 142 valence electrons. The third kappa shape index (κ3) is 4.17. The Morgan fingerprint density at radius 1 is 1.19 bits per heavy atom. The third-order valence-corrected chi connectivity index (χ3v) is 4.72. The summed E-state index contributed by atoms with van der Waals surface area (Å²) in [6.45, 7) is 5.64. The zero-order valence-corrected chi connectivity index (χ0v) is 15.5. The topological polar surface area (TPSA) is 76.8 Å². The lowest BCUT2D eigenvalue weighted by Gasteiger charge is -2.26. The number of nitrogens with zero attached hydrogens (tertiary/aromatic N) is 5. The predicted molar refractivity (Wildman–Crippen MR) is 103 cm³/mol. The van der Waals surface area contributed by atoms with Gasteiger partial charge < -0.3 is 14.8 Å². The van der Waals surface area contributed by atoms with Gasteiger partial charge in [0.15, 0.2) is 0 Å². The first kappa shape index (κ1) is 17.7. The number of nitrogens with one attached hydrogen (secondary N) is 1. The highest BCUT2D eigenvalue weighted by atomic mass is 16.5. The van der Waals surface area contributed by atoms with Crippen molar-refractivity contribution in [3.8, 4) is 17.0 Å². The van der Waals surface area contributed by atoms with Crippen LogP contribution in [0, 0.1) is 0 Å². The van der Waals surface area contributed by atoms with Crippen LogP contribution in [0.25, 0.3) is 16.9 Å². The van der Waals surface area contributed by atoms with E-state index in [0.717, 1.165) is 74.2 Å². The van der Waals surface area contributed by atoms with Gasteiger partial charge in [-0.05, 0) is 43.3 Å². The first-order valence-corrected chi connectivity index (χ1v) is 9.23. The maximum Gasteiger partial charge on any atom is 0.200 e. The van der Waals surface area contributed by atoms with Gasteiger partial charge in [0.25, 0.3) is 0 Å². The second kappa shape index (κ2) is 8.32. The van der Waals surface area contributed by atoms with Gasteiger partial charge in [0.2, 0.25) is 5.65 Å². The number of benzene rings is 1. The lowest BCUT2D eigenvalue weighted by Crippen LogP contribution is -2.37. The minimum absolute atomic E-state index is 0.735. The van der Waals surface area contributed by atoms with Crippen LogP contribution in [0.4, 0.5) is 5.69 Å². The number of morpholine rings is 1. The molecule has 3 aromatic rings. The summed E-state index contributed by atoms with van der Waals surface area (Å²) in [5, 5.41) is 16.3. The average molecular weight is 368 g/mol. The van der Waals surface area contributed by atoms with Crippen LogP contribution >= 0.6 is 0 Å². The fourth-order valence-corrected chi connectivity index (χ4v) is 3.21. The van der Waals surface area contributed by atoms with Crippen LogP contribution in [0.3, 0.4) is 0 Å². The first-order chi connectivity index (χ1) is 13.3. The lowest BCUT2D eigenvalue weighted by atomic mass is 10.1. The van der Waals surface area contributed by atoms with Crippen LogP contribution in [0.1, 0.15) is 6.42 Å². The van der Waals surface area contributed by atoms with Crippen molar-refractivity contribution < 1.29 is 9.47 Å². The maximum absolute atomic E-state index is 5.39. The minimum Gasteiger partial charge on any atom is -0.497 e. The molecule has 8 heteroatoms. The van der Waals surface area contributed by atoms with E-state index in [1.165, 1.54) is 0 Å². The Kier molecular flexibility index (Phi) is 5.45. The fraction of sp³-hybridized carbons (Fsp3) is 0.421. The molecule has 0 radical (unpaired) electrons. The maximum atomic E-state index is 5.39. The summed E-state index contributed by atoms with van der Waals surface area (Å²) in [4.78, 5) is 2.44. The molecule has 8 nitrogen and oxygen atoms in total. The van der Waals surface area contributed by atoms with Crippen LogP contribution < -0.4 is 10.1 Å². The van der Waals surface area contributed by atoms with Gasteiger partial charge in [0.05, 0.1) is 31.7 Å². The SMILES string of the molecule is COc1ccc(-c2cc(NCCCN3CCOCC3)c3nncn3n2)cc1. The van der Waals surface area contributed by atoms with E-state index in [1.807, 2.05) is 30.3 Å². The van der Waals surface area contributed by atoms with E-state index >= 15 is 0 Å². The Morgan fingerprint density at radius 3 is 2.78 bits per heavy atom. The Morgan fingerprint density at radius 2 is 2.00 bits per heavy atom. The lowest BCUT2D eigenvalue weighted by molar-refractivity contribution is 0.0378.